The molecule has 1 fully saturated rings. The minimum atomic E-state index is 0.779. The van der Waals surface area contributed by atoms with Crippen LogP contribution in [0.3, 0.4) is 0 Å². The molecule has 0 atom stereocenters. The molecule has 94 valence electrons. The number of likely N-dealkylation sites (tertiary alicyclic amines) is 1. The molecule has 1 aromatic carbocycles. The number of hydrogen-bond donors (Lipinski definition) is 1. The zero-order valence-electron chi connectivity index (χ0n) is 10.0. The summed E-state index contributed by atoms with van der Waals surface area (Å²) in [7, 11) is 2.19. The average Bonchev–Trinajstić information content (AvgIpc) is 2.30. The second-order valence-corrected chi connectivity index (χ2v) is 6.40. The number of hydrogen-bond acceptors (Lipinski definition) is 2. The van der Waals surface area contributed by atoms with Crippen molar-refractivity contribution in [3.05, 3.63) is 26.8 Å². The fraction of sp³-hybridized carbons (Fsp3) is 0.538. The van der Waals surface area contributed by atoms with Crippen LogP contribution < -0.4 is 5.32 Å². The third kappa shape index (κ3) is 4.00. The molecule has 0 bridgehead atoms. The first-order chi connectivity index (χ1) is 8.15. The first-order valence-corrected chi connectivity index (χ1v) is 7.48. The van der Waals surface area contributed by atoms with E-state index in [1.807, 2.05) is 6.07 Å². The summed E-state index contributed by atoms with van der Waals surface area (Å²) >= 11 is 8.47. The number of nitrogens with one attached hydrogen (secondary N) is 1. The standard InChI is InChI=1S/C13H18ClIN2/c1-17-6-4-10(5-7-17)9-16-13-3-2-11(15)8-12(13)14/h2-3,8,10,16H,4-7,9H2,1H3. The smallest absolute Gasteiger partial charge is 0.0648 e. The molecule has 0 saturated carbocycles. The van der Waals surface area contributed by atoms with Gasteiger partial charge in [-0.2, -0.15) is 0 Å². The molecule has 17 heavy (non-hydrogen) atoms. The first-order valence-electron chi connectivity index (χ1n) is 6.02. The zero-order chi connectivity index (χ0) is 12.3. The molecule has 0 amide bonds. The van der Waals surface area contributed by atoms with Crippen molar-refractivity contribution in [3.8, 4) is 0 Å². The van der Waals surface area contributed by atoms with Gasteiger partial charge in [0.05, 0.1) is 10.7 Å². The Kier molecular flexibility index (Phi) is 4.94. The lowest BCUT2D eigenvalue weighted by atomic mass is 9.97. The molecule has 2 nitrogen and oxygen atoms in total. The van der Waals surface area contributed by atoms with Crippen LogP contribution in [0.25, 0.3) is 0 Å². The van der Waals surface area contributed by atoms with Gasteiger partial charge in [-0.3, -0.25) is 0 Å². The normalized spacial score (nSPS) is 18.3. The molecule has 0 aliphatic carbocycles. The monoisotopic (exact) mass is 364 g/mol. The van der Waals surface area contributed by atoms with Gasteiger partial charge in [0, 0.05) is 10.1 Å². The highest BCUT2D eigenvalue weighted by Crippen LogP contribution is 2.25. The van der Waals surface area contributed by atoms with E-state index in [2.05, 4.69) is 52.0 Å². The predicted molar refractivity (Wildman–Crippen MR) is 82.9 cm³/mol. The summed E-state index contributed by atoms with van der Waals surface area (Å²) in [6.45, 7) is 3.47. The van der Waals surface area contributed by atoms with Gasteiger partial charge in [-0.25, -0.2) is 0 Å². The van der Waals surface area contributed by atoms with Crippen molar-refractivity contribution in [3.63, 3.8) is 0 Å². The summed E-state index contributed by atoms with van der Waals surface area (Å²) in [5.41, 5.74) is 1.06. The quantitative estimate of drug-likeness (QED) is 0.823. The first kappa shape index (κ1) is 13.4. The van der Waals surface area contributed by atoms with Crippen molar-refractivity contribution in [1.29, 1.82) is 0 Å². The van der Waals surface area contributed by atoms with Crippen LogP contribution in [0.5, 0.6) is 0 Å². The molecule has 1 aromatic rings. The van der Waals surface area contributed by atoms with E-state index < -0.39 is 0 Å². The minimum absolute atomic E-state index is 0.779. The Labute approximate surface area is 122 Å². The van der Waals surface area contributed by atoms with Crippen LogP contribution in [0.15, 0.2) is 18.2 Å². The van der Waals surface area contributed by atoms with Crippen molar-refractivity contribution < 1.29 is 0 Å². The third-order valence-corrected chi connectivity index (χ3v) is 4.33. The highest BCUT2D eigenvalue weighted by atomic mass is 127. The van der Waals surface area contributed by atoms with Crippen LogP contribution in [0.1, 0.15) is 12.8 Å². The van der Waals surface area contributed by atoms with E-state index in [9.17, 15) is 0 Å². The molecule has 1 saturated heterocycles. The lowest BCUT2D eigenvalue weighted by Gasteiger charge is -2.29. The Bertz CT molecular complexity index is 376. The zero-order valence-corrected chi connectivity index (χ0v) is 13.0. The van der Waals surface area contributed by atoms with E-state index in [-0.39, 0.29) is 0 Å². The van der Waals surface area contributed by atoms with Crippen LogP contribution >= 0.6 is 34.2 Å². The summed E-state index contributed by atoms with van der Waals surface area (Å²) in [6, 6.07) is 6.15. The lowest BCUT2D eigenvalue weighted by Crippen LogP contribution is -2.32. The number of benzene rings is 1. The molecule has 0 spiro atoms. The van der Waals surface area contributed by atoms with E-state index in [0.717, 1.165) is 23.2 Å². The maximum absolute atomic E-state index is 6.19. The third-order valence-electron chi connectivity index (χ3n) is 3.35. The van der Waals surface area contributed by atoms with Gasteiger partial charge in [0.15, 0.2) is 0 Å². The molecule has 1 heterocycles. The largest absolute Gasteiger partial charge is 0.384 e. The van der Waals surface area contributed by atoms with Crippen LogP contribution in [0.4, 0.5) is 5.69 Å². The molecule has 1 N–H and O–H groups in total. The molecule has 4 heteroatoms. The lowest BCUT2D eigenvalue weighted by molar-refractivity contribution is 0.226. The van der Waals surface area contributed by atoms with Gasteiger partial charge < -0.3 is 10.2 Å². The van der Waals surface area contributed by atoms with E-state index in [0.29, 0.717) is 0 Å². The van der Waals surface area contributed by atoms with Crippen molar-refractivity contribution in [1.82, 2.24) is 4.90 Å². The number of halogens is 2. The van der Waals surface area contributed by atoms with Gasteiger partial charge in [0.1, 0.15) is 0 Å². The molecular formula is C13H18ClIN2. The van der Waals surface area contributed by atoms with Crippen molar-refractivity contribution in [2.24, 2.45) is 5.92 Å². The molecule has 2 rings (SSSR count). The van der Waals surface area contributed by atoms with Crippen LogP contribution in [0.2, 0.25) is 5.02 Å². The molecule has 0 unspecified atom stereocenters. The second kappa shape index (κ2) is 6.25. The van der Waals surface area contributed by atoms with E-state index in [1.165, 1.54) is 29.5 Å². The van der Waals surface area contributed by atoms with Gasteiger partial charge in [0.25, 0.3) is 0 Å². The SMILES string of the molecule is CN1CCC(CNc2ccc(I)cc2Cl)CC1. The topological polar surface area (TPSA) is 15.3 Å². The fourth-order valence-electron chi connectivity index (χ4n) is 2.15. The van der Waals surface area contributed by atoms with Crippen LogP contribution in [-0.4, -0.2) is 31.6 Å². The highest BCUT2D eigenvalue weighted by Gasteiger charge is 2.16. The van der Waals surface area contributed by atoms with E-state index in [1.54, 1.807) is 0 Å². The Hall–Kier alpha value is -0.0000000000000000555. The number of nitrogens with zero attached hydrogens (tertiary/aromatic N) is 1. The average molecular weight is 365 g/mol. The maximum atomic E-state index is 6.19. The van der Waals surface area contributed by atoms with Gasteiger partial charge in [0.2, 0.25) is 0 Å². The highest BCUT2D eigenvalue weighted by molar-refractivity contribution is 14.1. The second-order valence-electron chi connectivity index (χ2n) is 4.75. The summed E-state index contributed by atoms with van der Waals surface area (Å²) in [4.78, 5) is 2.40. The van der Waals surface area contributed by atoms with Crippen molar-refractivity contribution in [2.45, 2.75) is 12.8 Å². The Balaban J connectivity index is 1.85. The molecule has 0 radical (unpaired) electrons. The van der Waals surface area contributed by atoms with Crippen molar-refractivity contribution in [2.75, 3.05) is 32.0 Å². The van der Waals surface area contributed by atoms with Crippen molar-refractivity contribution >= 4 is 39.9 Å². The summed E-state index contributed by atoms with van der Waals surface area (Å²) in [5, 5.41) is 4.29. The Morgan fingerprint density at radius 1 is 1.41 bits per heavy atom. The summed E-state index contributed by atoms with van der Waals surface area (Å²) < 4.78 is 1.18. The minimum Gasteiger partial charge on any atom is -0.384 e. The molecule has 0 aromatic heterocycles. The Morgan fingerprint density at radius 2 is 2.12 bits per heavy atom. The molecule has 1 aliphatic rings. The molecule has 1 aliphatic heterocycles. The number of piperidine rings is 1. The predicted octanol–water partition coefficient (Wildman–Crippen LogP) is 3.70. The van der Waals surface area contributed by atoms with Gasteiger partial charge in [-0.15, -0.1) is 0 Å². The Morgan fingerprint density at radius 3 is 2.76 bits per heavy atom. The van der Waals surface area contributed by atoms with E-state index >= 15 is 0 Å². The van der Waals surface area contributed by atoms with Crippen LogP contribution in [-0.2, 0) is 0 Å². The van der Waals surface area contributed by atoms with Gasteiger partial charge >= 0.3 is 0 Å². The van der Waals surface area contributed by atoms with Crippen LogP contribution in [0, 0.1) is 9.49 Å². The van der Waals surface area contributed by atoms with E-state index in [4.69, 9.17) is 11.6 Å². The summed E-state index contributed by atoms with van der Waals surface area (Å²) in [5.74, 6) is 0.779. The fourth-order valence-corrected chi connectivity index (χ4v) is 3.08. The maximum Gasteiger partial charge on any atom is 0.0648 e. The number of anilines is 1. The van der Waals surface area contributed by atoms with Gasteiger partial charge in [-0.05, 0) is 79.7 Å². The van der Waals surface area contributed by atoms with Gasteiger partial charge in [-0.1, -0.05) is 11.6 Å². The summed E-state index contributed by atoms with van der Waals surface area (Å²) in [6.07, 6.45) is 2.57. The molecular weight excluding hydrogens is 347 g/mol. The number of rotatable bonds is 3.